The van der Waals surface area contributed by atoms with Crippen LogP contribution in [0.15, 0.2) is 46.6 Å². The van der Waals surface area contributed by atoms with Crippen LogP contribution in [0.4, 0.5) is 0 Å². The van der Waals surface area contributed by atoms with Crippen molar-refractivity contribution in [3.05, 3.63) is 62.7 Å². The molecule has 0 radical (unpaired) electrons. The lowest BCUT2D eigenvalue weighted by molar-refractivity contribution is 0.0240. The summed E-state index contributed by atoms with van der Waals surface area (Å²) < 4.78 is 0. The zero-order chi connectivity index (χ0) is 17.4. The van der Waals surface area contributed by atoms with Crippen LogP contribution >= 0.6 is 11.3 Å². The number of aromatic nitrogens is 2. The Hall–Kier alpha value is -2.51. The SMILES string of the molecule is O=C(N[C@@H](c1cccs1)C1CC(O)C1)c1n[nH]c(=O)c2ccccc12. The van der Waals surface area contributed by atoms with Crippen LogP contribution in [0.5, 0.6) is 0 Å². The Balaban J connectivity index is 1.66. The first kappa shape index (κ1) is 16.0. The number of aromatic amines is 1. The molecule has 128 valence electrons. The summed E-state index contributed by atoms with van der Waals surface area (Å²) in [4.78, 5) is 25.8. The van der Waals surface area contributed by atoms with E-state index in [0.717, 1.165) is 4.88 Å². The van der Waals surface area contributed by atoms with Crippen LogP contribution in [-0.4, -0.2) is 27.3 Å². The normalized spacial score (nSPS) is 20.8. The highest BCUT2D eigenvalue weighted by Gasteiger charge is 2.36. The molecule has 0 saturated heterocycles. The summed E-state index contributed by atoms with van der Waals surface area (Å²) in [6, 6.07) is 10.7. The van der Waals surface area contributed by atoms with Gasteiger partial charge < -0.3 is 10.4 Å². The van der Waals surface area contributed by atoms with Crippen molar-refractivity contribution in [2.75, 3.05) is 0 Å². The molecule has 1 saturated carbocycles. The summed E-state index contributed by atoms with van der Waals surface area (Å²) in [6.45, 7) is 0. The number of carbonyl (C=O) groups is 1. The number of hydrogen-bond donors (Lipinski definition) is 3. The molecule has 0 aliphatic heterocycles. The maximum absolute atomic E-state index is 12.8. The molecule has 1 fully saturated rings. The Labute approximate surface area is 147 Å². The Morgan fingerprint density at radius 2 is 2.00 bits per heavy atom. The Kier molecular flexibility index (Phi) is 4.10. The second-order valence-electron chi connectivity index (χ2n) is 6.30. The highest BCUT2D eigenvalue weighted by Crippen LogP contribution is 2.39. The smallest absolute Gasteiger partial charge is 0.272 e. The molecule has 1 atom stereocenters. The van der Waals surface area contributed by atoms with E-state index in [1.165, 1.54) is 0 Å². The first-order chi connectivity index (χ1) is 12.1. The first-order valence-corrected chi connectivity index (χ1v) is 9.01. The minimum atomic E-state index is -0.327. The van der Waals surface area contributed by atoms with Crippen LogP contribution in [0.25, 0.3) is 10.8 Å². The van der Waals surface area contributed by atoms with E-state index in [1.54, 1.807) is 35.6 Å². The average Bonchev–Trinajstić information content (AvgIpc) is 3.12. The second kappa shape index (κ2) is 6.42. The summed E-state index contributed by atoms with van der Waals surface area (Å²) in [5.41, 5.74) is -0.110. The molecule has 0 unspecified atom stereocenters. The molecule has 0 bridgehead atoms. The van der Waals surface area contributed by atoms with Gasteiger partial charge in [-0.1, -0.05) is 24.3 Å². The highest BCUT2D eigenvalue weighted by atomic mass is 32.1. The highest BCUT2D eigenvalue weighted by molar-refractivity contribution is 7.10. The molecule has 2 heterocycles. The fourth-order valence-electron chi connectivity index (χ4n) is 3.29. The van der Waals surface area contributed by atoms with E-state index in [-0.39, 0.29) is 35.2 Å². The van der Waals surface area contributed by atoms with E-state index in [9.17, 15) is 14.7 Å². The van der Waals surface area contributed by atoms with E-state index in [4.69, 9.17) is 0 Å². The van der Waals surface area contributed by atoms with Gasteiger partial charge in [-0.25, -0.2) is 5.10 Å². The molecule has 3 aromatic rings. The Morgan fingerprint density at radius 3 is 2.68 bits per heavy atom. The third-order valence-corrected chi connectivity index (χ3v) is 5.62. The van der Waals surface area contributed by atoms with Crippen LogP contribution in [0.3, 0.4) is 0 Å². The largest absolute Gasteiger partial charge is 0.393 e. The van der Waals surface area contributed by atoms with E-state index in [2.05, 4.69) is 15.5 Å². The number of aliphatic hydroxyl groups excluding tert-OH is 1. The number of rotatable bonds is 4. The van der Waals surface area contributed by atoms with Gasteiger partial charge >= 0.3 is 0 Å². The summed E-state index contributed by atoms with van der Waals surface area (Å²) in [5.74, 6) is -0.126. The molecule has 7 heteroatoms. The van der Waals surface area contributed by atoms with Crippen molar-refractivity contribution in [3.63, 3.8) is 0 Å². The monoisotopic (exact) mass is 355 g/mol. The molecule has 25 heavy (non-hydrogen) atoms. The van der Waals surface area contributed by atoms with Crippen LogP contribution < -0.4 is 10.9 Å². The summed E-state index contributed by atoms with van der Waals surface area (Å²) in [5, 5.41) is 22.0. The van der Waals surface area contributed by atoms with Crippen LogP contribution in [-0.2, 0) is 0 Å². The molecule has 1 aliphatic carbocycles. The Morgan fingerprint density at radius 1 is 1.24 bits per heavy atom. The van der Waals surface area contributed by atoms with Gasteiger partial charge in [0.05, 0.1) is 17.5 Å². The third-order valence-electron chi connectivity index (χ3n) is 4.67. The van der Waals surface area contributed by atoms with Gasteiger partial charge in [-0.3, -0.25) is 9.59 Å². The number of carbonyl (C=O) groups excluding carboxylic acids is 1. The van der Waals surface area contributed by atoms with E-state index in [0.29, 0.717) is 23.6 Å². The van der Waals surface area contributed by atoms with Crippen molar-refractivity contribution >= 4 is 28.0 Å². The summed E-state index contributed by atoms with van der Waals surface area (Å²) in [6.07, 6.45) is 1.04. The van der Waals surface area contributed by atoms with Crippen LogP contribution in [0, 0.1) is 5.92 Å². The van der Waals surface area contributed by atoms with E-state index < -0.39 is 0 Å². The van der Waals surface area contributed by atoms with Crippen molar-refractivity contribution in [1.82, 2.24) is 15.5 Å². The van der Waals surface area contributed by atoms with Crippen molar-refractivity contribution in [2.24, 2.45) is 5.92 Å². The Bertz CT molecular complexity index is 961. The lowest BCUT2D eigenvalue weighted by Crippen LogP contribution is -2.41. The number of hydrogen-bond acceptors (Lipinski definition) is 5. The van der Waals surface area contributed by atoms with Crippen molar-refractivity contribution in [1.29, 1.82) is 0 Å². The molecule has 2 aromatic heterocycles. The van der Waals surface area contributed by atoms with Crippen molar-refractivity contribution in [3.8, 4) is 0 Å². The summed E-state index contributed by atoms with van der Waals surface area (Å²) in [7, 11) is 0. The number of fused-ring (bicyclic) bond motifs is 1. The number of nitrogens with one attached hydrogen (secondary N) is 2. The quantitative estimate of drug-likeness (QED) is 0.669. The van der Waals surface area contributed by atoms with Gasteiger partial charge in [0.25, 0.3) is 11.5 Å². The van der Waals surface area contributed by atoms with Gasteiger partial charge in [0, 0.05) is 10.3 Å². The molecular weight excluding hydrogens is 338 g/mol. The van der Waals surface area contributed by atoms with Gasteiger partial charge in [0.15, 0.2) is 5.69 Å². The maximum atomic E-state index is 12.8. The molecular formula is C18H17N3O3S. The number of thiophene rings is 1. The zero-order valence-corrected chi connectivity index (χ0v) is 14.1. The van der Waals surface area contributed by atoms with Gasteiger partial charge in [0.2, 0.25) is 0 Å². The topological polar surface area (TPSA) is 95.1 Å². The predicted molar refractivity (Wildman–Crippen MR) is 95.6 cm³/mol. The minimum Gasteiger partial charge on any atom is -0.393 e. The molecule has 3 N–H and O–H groups in total. The standard InChI is InChI=1S/C18H17N3O3S/c22-11-8-10(9-11)15(14-6-3-7-25-14)19-18(24)16-12-4-1-2-5-13(12)17(23)21-20-16/h1-7,10-11,15,22H,8-9H2,(H,19,24)(H,21,23)/t10?,11?,15-/m1/s1. The minimum absolute atomic E-state index is 0.164. The van der Waals surface area contributed by atoms with Gasteiger partial charge in [-0.2, -0.15) is 5.10 Å². The second-order valence-corrected chi connectivity index (χ2v) is 7.28. The van der Waals surface area contributed by atoms with Gasteiger partial charge in [-0.05, 0) is 36.3 Å². The number of amides is 1. The lowest BCUT2D eigenvalue weighted by Gasteiger charge is -2.37. The van der Waals surface area contributed by atoms with Crippen LogP contribution in [0.2, 0.25) is 0 Å². The van der Waals surface area contributed by atoms with Gasteiger partial charge in [0.1, 0.15) is 0 Å². The van der Waals surface area contributed by atoms with E-state index >= 15 is 0 Å². The maximum Gasteiger partial charge on any atom is 0.272 e. The predicted octanol–water partition coefficient (Wildman–Crippen LogP) is 2.23. The number of benzene rings is 1. The van der Waals surface area contributed by atoms with E-state index in [1.807, 2.05) is 17.5 Å². The van der Waals surface area contributed by atoms with Crippen LogP contribution in [0.1, 0.15) is 34.2 Å². The van der Waals surface area contributed by atoms with Crippen molar-refractivity contribution in [2.45, 2.75) is 25.0 Å². The molecule has 1 aliphatic rings. The van der Waals surface area contributed by atoms with Gasteiger partial charge in [-0.15, -0.1) is 11.3 Å². The number of H-pyrrole nitrogens is 1. The molecule has 1 aromatic carbocycles. The number of aliphatic hydroxyl groups is 1. The fraction of sp³-hybridized carbons (Fsp3) is 0.278. The third kappa shape index (κ3) is 2.96. The molecule has 0 spiro atoms. The average molecular weight is 355 g/mol. The van der Waals surface area contributed by atoms with Crippen molar-refractivity contribution < 1.29 is 9.90 Å². The first-order valence-electron chi connectivity index (χ1n) is 8.13. The molecule has 6 nitrogen and oxygen atoms in total. The summed E-state index contributed by atoms with van der Waals surface area (Å²) >= 11 is 1.58. The molecule has 4 rings (SSSR count). The fourth-order valence-corrected chi connectivity index (χ4v) is 4.16. The zero-order valence-electron chi connectivity index (χ0n) is 13.3. The molecule has 1 amide bonds. The lowest BCUT2D eigenvalue weighted by atomic mass is 9.76. The number of nitrogens with zero attached hydrogens (tertiary/aromatic N) is 1.